The molecule has 0 N–H and O–H groups in total. The Morgan fingerprint density at radius 3 is 2.47 bits per heavy atom. The summed E-state index contributed by atoms with van der Waals surface area (Å²) >= 11 is 0. The van der Waals surface area contributed by atoms with E-state index in [9.17, 15) is 0 Å². The number of methoxy groups -OCH3 is 1. The Balaban J connectivity index is 2.09. The standard InChI is InChI=1S/C16H15NO2/c1-12-3-6-14(10-17)16(9-12)19-11-13-4-7-15(18-2)8-5-13/h3-9H,11H2,1-2H3. The molecule has 96 valence electrons. The van der Waals surface area contributed by atoms with Gasteiger partial charge in [0.05, 0.1) is 12.7 Å². The van der Waals surface area contributed by atoms with Gasteiger partial charge in [-0.15, -0.1) is 0 Å². The van der Waals surface area contributed by atoms with Crippen LogP contribution in [0.25, 0.3) is 0 Å². The van der Waals surface area contributed by atoms with E-state index < -0.39 is 0 Å². The fourth-order valence-corrected chi connectivity index (χ4v) is 1.72. The number of hydrogen-bond acceptors (Lipinski definition) is 3. The summed E-state index contributed by atoms with van der Waals surface area (Å²) in [4.78, 5) is 0. The molecule has 0 aliphatic heterocycles. The first-order valence-corrected chi connectivity index (χ1v) is 5.99. The lowest BCUT2D eigenvalue weighted by atomic mass is 10.1. The summed E-state index contributed by atoms with van der Waals surface area (Å²) in [6, 6.07) is 15.4. The molecule has 0 atom stereocenters. The van der Waals surface area contributed by atoms with Gasteiger partial charge in [0, 0.05) is 0 Å². The zero-order chi connectivity index (χ0) is 13.7. The van der Waals surface area contributed by atoms with E-state index in [2.05, 4.69) is 6.07 Å². The van der Waals surface area contributed by atoms with E-state index in [0.717, 1.165) is 16.9 Å². The van der Waals surface area contributed by atoms with Crippen LogP contribution in [0.1, 0.15) is 16.7 Å². The molecule has 2 rings (SSSR count). The lowest BCUT2D eigenvalue weighted by molar-refractivity contribution is 0.305. The van der Waals surface area contributed by atoms with Gasteiger partial charge in [0.1, 0.15) is 24.2 Å². The molecule has 0 amide bonds. The zero-order valence-corrected chi connectivity index (χ0v) is 11.0. The summed E-state index contributed by atoms with van der Waals surface area (Å²) in [5, 5.41) is 9.03. The van der Waals surface area contributed by atoms with Crippen molar-refractivity contribution in [2.75, 3.05) is 7.11 Å². The second-order valence-electron chi connectivity index (χ2n) is 4.25. The van der Waals surface area contributed by atoms with E-state index in [4.69, 9.17) is 14.7 Å². The van der Waals surface area contributed by atoms with Crippen molar-refractivity contribution in [3.63, 3.8) is 0 Å². The number of rotatable bonds is 4. The number of aryl methyl sites for hydroxylation is 1. The minimum Gasteiger partial charge on any atom is -0.497 e. The Morgan fingerprint density at radius 1 is 1.11 bits per heavy atom. The van der Waals surface area contributed by atoms with Crippen molar-refractivity contribution in [3.8, 4) is 17.6 Å². The van der Waals surface area contributed by atoms with Gasteiger partial charge in [-0.05, 0) is 42.3 Å². The number of hydrogen-bond donors (Lipinski definition) is 0. The van der Waals surface area contributed by atoms with Gasteiger partial charge >= 0.3 is 0 Å². The van der Waals surface area contributed by atoms with Gasteiger partial charge in [0.15, 0.2) is 0 Å². The fourth-order valence-electron chi connectivity index (χ4n) is 1.72. The first kappa shape index (κ1) is 13.0. The number of ether oxygens (including phenoxy) is 2. The van der Waals surface area contributed by atoms with Crippen molar-refractivity contribution >= 4 is 0 Å². The van der Waals surface area contributed by atoms with Crippen molar-refractivity contribution < 1.29 is 9.47 Å². The van der Waals surface area contributed by atoms with Crippen LogP contribution in [0.4, 0.5) is 0 Å². The third-order valence-corrected chi connectivity index (χ3v) is 2.81. The van der Waals surface area contributed by atoms with Crippen molar-refractivity contribution in [2.24, 2.45) is 0 Å². The Hall–Kier alpha value is -2.47. The smallest absolute Gasteiger partial charge is 0.137 e. The monoisotopic (exact) mass is 253 g/mol. The van der Waals surface area contributed by atoms with Crippen LogP contribution in [0.2, 0.25) is 0 Å². The average molecular weight is 253 g/mol. The van der Waals surface area contributed by atoms with Gasteiger partial charge in [-0.2, -0.15) is 5.26 Å². The van der Waals surface area contributed by atoms with Crippen LogP contribution in [-0.2, 0) is 6.61 Å². The maximum atomic E-state index is 9.03. The summed E-state index contributed by atoms with van der Waals surface area (Å²) in [5.74, 6) is 1.44. The normalized spacial score (nSPS) is 9.74. The van der Waals surface area contributed by atoms with E-state index in [1.165, 1.54) is 0 Å². The van der Waals surface area contributed by atoms with Crippen molar-refractivity contribution in [1.82, 2.24) is 0 Å². The highest BCUT2D eigenvalue weighted by Crippen LogP contribution is 2.21. The Bertz CT molecular complexity index is 597. The molecule has 0 saturated carbocycles. The molecule has 19 heavy (non-hydrogen) atoms. The molecular formula is C16H15NO2. The van der Waals surface area contributed by atoms with Crippen LogP contribution in [0.3, 0.4) is 0 Å². The lowest BCUT2D eigenvalue weighted by Gasteiger charge is -2.09. The SMILES string of the molecule is COc1ccc(COc2cc(C)ccc2C#N)cc1. The molecule has 3 heteroatoms. The van der Waals surface area contributed by atoms with Crippen molar-refractivity contribution in [2.45, 2.75) is 13.5 Å². The van der Waals surface area contributed by atoms with Gasteiger partial charge in [0.25, 0.3) is 0 Å². The highest BCUT2D eigenvalue weighted by atomic mass is 16.5. The minimum atomic E-state index is 0.433. The molecule has 2 aromatic rings. The number of nitriles is 1. The molecule has 2 aromatic carbocycles. The Labute approximate surface area is 113 Å². The van der Waals surface area contributed by atoms with E-state index in [0.29, 0.717) is 17.9 Å². The molecule has 0 aliphatic carbocycles. The summed E-state index contributed by atoms with van der Waals surface area (Å²) in [5.41, 5.74) is 2.66. The molecular weight excluding hydrogens is 238 g/mol. The second kappa shape index (κ2) is 5.92. The van der Waals surface area contributed by atoms with Crippen LogP contribution in [-0.4, -0.2) is 7.11 Å². The van der Waals surface area contributed by atoms with Crippen LogP contribution in [0.5, 0.6) is 11.5 Å². The molecule has 0 fully saturated rings. The first-order chi connectivity index (χ1) is 9.22. The van der Waals surface area contributed by atoms with E-state index in [-0.39, 0.29) is 0 Å². The maximum absolute atomic E-state index is 9.03. The molecule has 0 saturated heterocycles. The highest BCUT2D eigenvalue weighted by Gasteiger charge is 2.04. The summed E-state index contributed by atoms with van der Waals surface area (Å²) in [6.45, 7) is 2.41. The topological polar surface area (TPSA) is 42.2 Å². The molecule has 0 aliphatic rings. The van der Waals surface area contributed by atoms with E-state index in [1.807, 2.05) is 43.3 Å². The lowest BCUT2D eigenvalue weighted by Crippen LogP contribution is -1.97. The predicted molar refractivity (Wildman–Crippen MR) is 73.2 cm³/mol. The molecule has 0 radical (unpaired) electrons. The van der Waals surface area contributed by atoms with Crippen LogP contribution < -0.4 is 9.47 Å². The molecule has 0 spiro atoms. The van der Waals surface area contributed by atoms with Crippen molar-refractivity contribution in [3.05, 3.63) is 59.2 Å². The Kier molecular flexibility index (Phi) is 4.04. The molecule has 0 unspecified atom stereocenters. The maximum Gasteiger partial charge on any atom is 0.137 e. The van der Waals surface area contributed by atoms with Gasteiger partial charge in [-0.3, -0.25) is 0 Å². The molecule has 0 heterocycles. The van der Waals surface area contributed by atoms with Gasteiger partial charge in [-0.1, -0.05) is 18.2 Å². The van der Waals surface area contributed by atoms with Gasteiger partial charge < -0.3 is 9.47 Å². The number of benzene rings is 2. The summed E-state index contributed by atoms with van der Waals surface area (Å²) < 4.78 is 10.8. The third kappa shape index (κ3) is 3.26. The summed E-state index contributed by atoms with van der Waals surface area (Å²) in [7, 11) is 1.64. The Morgan fingerprint density at radius 2 is 1.84 bits per heavy atom. The summed E-state index contributed by atoms with van der Waals surface area (Å²) in [6.07, 6.45) is 0. The van der Waals surface area contributed by atoms with Crippen molar-refractivity contribution in [1.29, 1.82) is 5.26 Å². The largest absolute Gasteiger partial charge is 0.497 e. The molecule has 0 bridgehead atoms. The fraction of sp³-hybridized carbons (Fsp3) is 0.188. The van der Waals surface area contributed by atoms with E-state index in [1.54, 1.807) is 13.2 Å². The highest BCUT2D eigenvalue weighted by molar-refractivity contribution is 5.45. The predicted octanol–water partition coefficient (Wildman–Crippen LogP) is 3.45. The third-order valence-electron chi connectivity index (χ3n) is 2.81. The van der Waals surface area contributed by atoms with Crippen LogP contribution in [0, 0.1) is 18.3 Å². The van der Waals surface area contributed by atoms with Gasteiger partial charge in [-0.25, -0.2) is 0 Å². The minimum absolute atomic E-state index is 0.433. The average Bonchev–Trinajstić information content (AvgIpc) is 2.46. The van der Waals surface area contributed by atoms with Gasteiger partial charge in [0.2, 0.25) is 0 Å². The first-order valence-electron chi connectivity index (χ1n) is 5.99. The number of nitrogens with zero attached hydrogens (tertiary/aromatic N) is 1. The zero-order valence-electron chi connectivity index (χ0n) is 11.0. The van der Waals surface area contributed by atoms with Crippen LogP contribution >= 0.6 is 0 Å². The van der Waals surface area contributed by atoms with Crippen LogP contribution in [0.15, 0.2) is 42.5 Å². The molecule has 0 aromatic heterocycles. The quantitative estimate of drug-likeness (QED) is 0.838. The molecule has 3 nitrogen and oxygen atoms in total. The van der Waals surface area contributed by atoms with E-state index >= 15 is 0 Å². The second-order valence-corrected chi connectivity index (χ2v) is 4.25.